The highest BCUT2D eigenvalue weighted by Gasteiger charge is 2.10. The molecule has 0 saturated heterocycles. The predicted octanol–water partition coefficient (Wildman–Crippen LogP) is 3.35. The zero-order valence-corrected chi connectivity index (χ0v) is 16.2. The van der Waals surface area contributed by atoms with Crippen LogP contribution >= 0.6 is 24.0 Å². The van der Waals surface area contributed by atoms with Crippen LogP contribution in [0.1, 0.15) is 5.56 Å². The van der Waals surface area contributed by atoms with Gasteiger partial charge in [-0.3, -0.25) is 0 Å². The highest BCUT2D eigenvalue weighted by Crippen LogP contribution is 2.25. The normalized spacial score (nSPS) is 10.6. The molecule has 0 aliphatic heterocycles. The van der Waals surface area contributed by atoms with E-state index in [0.717, 1.165) is 23.4 Å². The van der Waals surface area contributed by atoms with Gasteiger partial charge in [0.2, 0.25) is 5.89 Å². The summed E-state index contributed by atoms with van der Waals surface area (Å²) in [7, 11) is 0. The van der Waals surface area contributed by atoms with Crippen LogP contribution in [-0.4, -0.2) is 39.3 Å². The summed E-state index contributed by atoms with van der Waals surface area (Å²) in [6, 6.07) is 17.9. The molecule has 3 rings (SSSR count). The maximum Gasteiger partial charge on any atom is 0.276 e. The molecule has 2 aromatic carbocycles. The van der Waals surface area contributed by atoms with Gasteiger partial charge < -0.3 is 20.2 Å². The van der Waals surface area contributed by atoms with Gasteiger partial charge in [-0.05, 0) is 42.4 Å². The van der Waals surface area contributed by atoms with Crippen molar-refractivity contribution in [2.75, 3.05) is 24.2 Å². The molecule has 0 radical (unpaired) electrons. The number of aliphatic hydroxyl groups excluding tert-OH is 1. The molecular weight excluding hydrogens is 380 g/mol. The van der Waals surface area contributed by atoms with E-state index in [4.69, 9.17) is 21.7 Å². The molecule has 0 bridgehead atoms. The van der Waals surface area contributed by atoms with Crippen molar-refractivity contribution in [2.24, 2.45) is 0 Å². The van der Waals surface area contributed by atoms with Gasteiger partial charge in [-0.15, -0.1) is 10.2 Å². The first-order valence-corrected chi connectivity index (χ1v) is 9.90. The van der Waals surface area contributed by atoms with E-state index in [9.17, 15) is 0 Å². The van der Waals surface area contributed by atoms with Gasteiger partial charge in [0.05, 0.1) is 6.61 Å². The quantitative estimate of drug-likeness (QED) is 0.392. The van der Waals surface area contributed by atoms with E-state index in [-0.39, 0.29) is 6.61 Å². The summed E-state index contributed by atoms with van der Waals surface area (Å²) in [5.74, 6) is 1.34. The average molecular weight is 401 g/mol. The second kappa shape index (κ2) is 10.1. The smallest absolute Gasteiger partial charge is 0.276 e. The van der Waals surface area contributed by atoms with Crippen LogP contribution in [0, 0.1) is 0 Å². The van der Waals surface area contributed by atoms with E-state index in [0.29, 0.717) is 22.8 Å². The number of hydrogen-bond donors (Lipinski definition) is 3. The summed E-state index contributed by atoms with van der Waals surface area (Å²) in [4.78, 5) is 0. The fourth-order valence-corrected chi connectivity index (χ4v) is 3.33. The molecule has 0 aliphatic rings. The molecule has 0 spiro atoms. The number of thioether (sulfide) groups is 1. The Balaban J connectivity index is 1.57. The Hall–Kier alpha value is -2.42. The molecule has 0 aliphatic carbocycles. The fraction of sp³-hybridized carbons (Fsp3) is 0.211. The van der Waals surface area contributed by atoms with Gasteiger partial charge >= 0.3 is 0 Å². The van der Waals surface area contributed by atoms with E-state index < -0.39 is 0 Å². The summed E-state index contributed by atoms with van der Waals surface area (Å²) in [6.07, 6.45) is 0.945. The van der Waals surface area contributed by atoms with Crippen LogP contribution < -0.4 is 10.6 Å². The highest BCUT2D eigenvalue weighted by atomic mass is 32.2. The third kappa shape index (κ3) is 6.06. The lowest BCUT2D eigenvalue weighted by molar-refractivity contribution is 0.301. The predicted molar refractivity (Wildman–Crippen MR) is 112 cm³/mol. The number of thiocarbonyl (C=S) groups is 1. The van der Waals surface area contributed by atoms with Crippen molar-refractivity contribution < 1.29 is 9.52 Å². The number of hydrogen-bond acceptors (Lipinski definition) is 6. The van der Waals surface area contributed by atoms with Gasteiger partial charge in [0.25, 0.3) is 5.22 Å². The standard InChI is InChI=1S/C19H20N4O2S2/c24-11-10-20-18(26)21-16-8-4-7-15(13-16)17-22-23-19(25-17)27-12-9-14-5-2-1-3-6-14/h1-8,13,24H,9-12H2,(H2,20,21,26). The van der Waals surface area contributed by atoms with Crippen LogP contribution in [0.2, 0.25) is 0 Å². The third-order valence-corrected chi connectivity index (χ3v) is 4.70. The van der Waals surface area contributed by atoms with Crippen molar-refractivity contribution in [1.29, 1.82) is 0 Å². The monoisotopic (exact) mass is 400 g/mol. The van der Waals surface area contributed by atoms with Crippen LogP contribution in [-0.2, 0) is 6.42 Å². The molecule has 140 valence electrons. The van der Waals surface area contributed by atoms with Crippen molar-refractivity contribution in [3.05, 3.63) is 60.2 Å². The van der Waals surface area contributed by atoms with Crippen molar-refractivity contribution in [2.45, 2.75) is 11.6 Å². The van der Waals surface area contributed by atoms with Crippen LogP contribution in [0.3, 0.4) is 0 Å². The van der Waals surface area contributed by atoms with Crippen LogP contribution in [0.25, 0.3) is 11.5 Å². The highest BCUT2D eigenvalue weighted by molar-refractivity contribution is 7.99. The summed E-state index contributed by atoms with van der Waals surface area (Å²) in [5, 5.41) is 24.0. The van der Waals surface area contributed by atoms with E-state index in [1.807, 2.05) is 42.5 Å². The molecule has 0 amide bonds. The molecule has 3 aromatic rings. The Morgan fingerprint density at radius 2 is 1.96 bits per heavy atom. The lowest BCUT2D eigenvalue weighted by atomic mass is 10.2. The average Bonchev–Trinajstić information content (AvgIpc) is 3.16. The van der Waals surface area contributed by atoms with Crippen molar-refractivity contribution in [1.82, 2.24) is 15.5 Å². The molecule has 1 heterocycles. The molecule has 3 N–H and O–H groups in total. The number of benzene rings is 2. The Bertz CT molecular complexity index is 871. The first kappa shape index (κ1) is 19.3. The second-order valence-electron chi connectivity index (χ2n) is 5.64. The summed E-state index contributed by atoms with van der Waals surface area (Å²) < 4.78 is 5.76. The maximum absolute atomic E-state index is 8.82. The van der Waals surface area contributed by atoms with E-state index >= 15 is 0 Å². The summed E-state index contributed by atoms with van der Waals surface area (Å²) in [5.41, 5.74) is 2.90. The SMILES string of the molecule is OCCNC(=S)Nc1cccc(-c2nnc(SCCc3ccccc3)o2)c1. The van der Waals surface area contributed by atoms with E-state index in [1.165, 1.54) is 5.56 Å². The number of aromatic nitrogens is 2. The van der Waals surface area contributed by atoms with Gasteiger partial charge in [0.15, 0.2) is 5.11 Å². The van der Waals surface area contributed by atoms with Crippen molar-refractivity contribution in [3.63, 3.8) is 0 Å². The lowest BCUT2D eigenvalue weighted by Gasteiger charge is -2.09. The zero-order valence-electron chi connectivity index (χ0n) is 14.6. The molecule has 1 aromatic heterocycles. The minimum atomic E-state index is 0.0224. The minimum absolute atomic E-state index is 0.0224. The number of aryl methyl sites for hydroxylation is 1. The van der Waals surface area contributed by atoms with Gasteiger partial charge in [0, 0.05) is 23.5 Å². The number of aliphatic hydroxyl groups is 1. The molecule has 27 heavy (non-hydrogen) atoms. The molecule has 0 atom stereocenters. The summed E-state index contributed by atoms with van der Waals surface area (Å²) in [6.45, 7) is 0.424. The topological polar surface area (TPSA) is 83.2 Å². The number of anilines is 1. The Kier molecular flexibility index (Phi) is 7.20. The Morgan fingerprint density at radius 3 is 2.78 bits per heavy atom. The largest absolute Gasteiger partial charge is 0.411 e. The number of nitrogens with zero attached hydrogens (tertiary/aromatic N) is 2. The van der Waals surface area contributed by atoms with E-state index in [2.05, 4.69) is 33.0 Å². The minimum Gasteiger partial charge on any atom is -0.411 e. The van der Waals surface area contributed by atoms with Crippen molar-refractivity contribution in [3.8, 4) is 11.5 Å². The van der Waals surface area contributed by atoms with Gasteiger partial charge in [-0.25, -0.2) is 0 Å². The van der Waals surface area contributed by atoms with Gasteiger partial charge in [0.1, 0.15) is 0 Å². The molecule has 0 saturated carbocycles. The fourth-order valence-electron chi connectivity index (χ4n) is 2.36. The Morgan fingerprint density at radius 1 is 1.11 bits per heavy atom. The molecule has 0 fully saturated rings. The third-order valence-electron chi connectivity index (χ3n) is 3.63. The zero-order chi connectivity index (χ0) is 18.9. The van der Waals surface area contributed by atoms with Gasteiger partial charge in [-0.2, -0.15) is 0 Å². The molecular formula is C19H20N4O2S2. The van der Waals surface area contributed by atoms with Crippen LogP contribution in [0.4, 0.5) is 5.69 Å². The molecule has 6 nitrogen and oxygen atoms in total. The first-order valence-electron chi connectivity index (χ1n) is 8.51. The number of rotatable bonds is 8. The lowest BCUT2D eigenvalue weighted by Crippen LogP contribution is -2.30. The van der Waals surface area contributed by atoms with E-state index in [1.54, 1.807) is 11.8 Å². The number of nitrogens with one attached hydrogen (secondary N) is 2. The Labute approximate surface area is 167 Å². The van der Waals surface area contributed by atoms with Crippen molar-refractivity contribution >= 4 is 34.8 Å². The molecule has 0 unspecified atom stereocenters. The first-order chi connectivity index (χ1) is 13.2. The van der Waals surface area contributed by atoms with Crippen LogP contribution in [0.15, 0.2) is 64.2 Å². The molecule has 8 heteroatoms. The van der Waals surface area contributed by atoms with Gasteiger partial charge in [-0.1, -0.05) is 48.2 Å². The maximum atomic E-state index is 8.82. The summed E-state index contributed by atoms with van der Waals surface area (Å²) >= 11 is 6.71. The second-order valence-corrected chi connectivity index (χ2v) is 7.10. The van der Waals surface area contributed by atoms with Crippen LogP contribution in [0.5, 0.6) is 0 Å².